The minimum atomic E-state index is -0.340. The highest BCUT2D eigenvalue weighted by atomic mass is 35.5. The van der Waals surface area contributed by atoms with E-state index in [0.29, 0.717) is 5.02 Å². The topological polar surface area (TPSA) is 58.6 Å². The van der Waals surface area contributed by atoms with Crippen LogP contribution in [0.2, 0.25) is 5.02 Å². The van der Waals surface area contributed by atoms with Crippen LogP contribution in [0.15, 0.2) is 48.5 Å². The van der Waals surface area contributed by atoms with Crippen molar-refractivity contribution >= 4 is 17.6 Å². The molecule has 110 valence electrons. The van der Waals surface area contributed by atoms with E-state index < -0.39 is 0 Å². The van der Waals surface area contributed by atoms with Crippen LogP contribution in [0.25, 0.3) is 0 Å². The lowest BCUT2D eigenvalue weighted by Crippen LogP contribution is -2.29. The predicted octanol–water partition coefficient (Wildman–Crippen LogP) is 2.90. The third-order valence-corrected chi connectivity index (χ3v) is 3.36. The molecule has 1 unspecified atom stereocenters. The van der Waals surface area contributed by atoms with Gasteiger partial charge in [0.25, 0.3) is 0 Å². The Hall–Kier alpha value is -2.04. The van der Waals surface area contributed by atoms with Crippen molar-refractivity contribution in [1.82, 2.24) is 5.32 Å². The van der Waals surface area contributed by atoms with E-state index in [1.807, 2.05) is 12.1 Å². The van der Waals surface area contributed by atoms with Crippen LogP contribution in [0.5, 0.6) is 5.75 Å². The van der Waals surface area contributed by atoms with Crippen LogP contribution in [0.3, 0.4) is 0 Å². The average molecular weight is 306 g/mol. The molecular formula is C16H16ClNO3. The number of nitrogens with one attached hydrogen (secondary N) is 1. The quantitative estimate of drug-likeness (QED) is 0.834. The molecule has 0 aliphatic rings. The van der Waals surface area contributed by atoms with Crippen molar-refractivity contribution in [3.05, 3.63) is 64.7 Å². The Bertz CT molecular complexity index is 550. The number of carbonyl (C=O) groups is 1. The first-order chi connectivity index (χ1) is 10.1. The van der Waals surface area contributed by atoms with Crippen LogP contribution >= 0.6 is 11.6 Å². The van der Waals surface area contributed by atoms with Gasteiger partial charge in [-0.15, -0.1) is 0 Å². The van der Waals surface area contributed by atoms with Gasteiger partial charge in [0.2, 0.25) is 0 Å². The molecule has 21 heavy (non-hydrogen) atoms. The summed E-state index contributed by atoms with van der Waals surface area (Å²) in [4.78, 5) is 11.3. The van der Waals surface area contributed by atoms with Gasteiger partial charge in [-0.05, 0) is 35.4 Å². The number of phenolic OH excluding ortho intramolecular Hbond substituents is 1. The SMILES string of the molecule is COC(=O)CNC(c1ccc(O)cc1)c1ccc(Cl)cc1. The smallest absolute Gasteiger partial charge is 0.319 e. The fraction of sp³-hybridized carbons (Fsp3) is 0.188. The Labute approximate surface area is 128 Å². The number of hydrogen-bond donors (Lipinski definition) is 2. The summed E-state index contributed by atoms with van der Waals surface area (Å²) < 4.78 is 4.65. The molecular weight excluding hydrogens is 290 g/mol. The number of methoxy groups -OCH3 is 1. The summed E-state index contributed by atoms with van der Waals surface area (Å²) in [6, 6.07) is 14.0. The van der Waals surface area contributed by atoms with Crippen LogP contribution in [0.4, 0.5) is 0 Å². The minimum Gasteiger partial charge on any atom is -0.508 e. The Balaban J connectivity index is 2.27. The first-order valence-electron chi connectivity index (χ1n) is 6.44. The second-order valence-corrected chi connectivity index (χ2v) is 4.97. The number of benzene rings is 2. The van der Waals surface area contributed by atoms with Gasteiger partial charge in [0.05, 0.1) is 19.7 Å². The molecule has 2 N–H and O–H groups in total. The largest absolute Gasteiger partial charge is 0.508 e. The fourth-order valence-corrected chi connectivity index (χ4v) is 2.13. The van der Waals surface area contributed by atoms with Gasteiger partial charge in [-0.2, -0.15) is 0 Å². The molecule has 5 heteroatoms. The number of phenols is 1. The molecule has 0 radical (unpaired) electrons. The molecule has 0 saturated carbocycles. The maximum atomic E-state index is 11.3. The highest BCUT2D eigenvalue weighted by Gasteiger charge is 2.15. The Morgan fingerprint density at radius 1 is 1.14 bits per heavy atom. The number of esters is 1. The number of hydrogen-bond acceptors (Lipinski definition) is 4. The van der Waals surface area contributed by atoms with E-state index in [1.54, 1.807) is 36.4 Å². The highest BCUT2D eigenvalue weighted by Crippen LogP contribution is 2.25. The van der Waals surface area contributed by atoms with E-state index in [9.17, 15) is 9.90 Å². The number of ether oxygens (including phenoxy) is 1. The van der Waals surface area contributed by atoms with Gasteiger partial charge < -0.3 is 9.84 Å². The molecule has 2 aromatic carbocycles. The first kappa shape index (κ1) is 15.4. The molecule has 0 amide bonds. The molecule has 0 aromatic heterocycles. The van der Waals surface area contributed by atoms with E-state index in [4.69, 9.17) is 11.6 Å². The second kappa shape index (κ2) is 7.11. The van der Waals surface area contributed by atoms with Gasteiger partial charge in [-0.25, -0.2) is 0 Å². The predicted molar refractivity (Wildman–Crippen MR) is 81.4 cm³/mol. The van der Waals surface area contributed by atoms with Crippen molar-refractivity contribution in [2.24, 2.45) is 0 Å². The molecule has 4 nitrogen and oxygen atoms in total. The van der Waals surface area contributed by atoms with E-state index in [2.05, 4.69) is 10.1 Å². The third kappa shape index (κ3) is 4.21. The van der Waals surface area contributed by atoms with Gasteiger partial charge in [-0.1, -0.05) is 35.9 Å². The summed E-state index contributed by atoms with van der Waals surface area (Å²) in [5, 5.41) is 13.2. The Kier molecular flexibility index (Phi) is 5.20. The molecule has 0 fully saturated rings. The Morgan fingerprint density at radius 3 is 2.19 bits per heavy atom. The third-order valence-electron chi connectivity index (χ3n) is 3.11. The van der Waals surface area contributed by atoms with Crippen molar-refractivity contribution in [2.75, 3.05) is 13.7 Å². The molecule has 2 aromatic rings. The van der Waals surface area contributed by atoms with Crippen molar-refractivity contribution in [1.29, 1.82) is 0 Å². The van der Waals surface area contributed by atoms with E-state index in [-0.39, 0.29) is 24.3 Å². The summed E-state index contributed by atoms with van der Waals surface area (Å²) in [6.07, 6.45) is 0. The standard InChI is InChI=1S/C16H16ClNO3/c1-21-15(20)10-18-16(11-2-6-13(17)7-3-11)12-4-8-14(19)9-5-12/h2-9,16,18-19H,10H2,1H3. The van der Waals surface area contributed by atoms with Crippen LogP contribution in [0, 0.1) is 0 Å². The van der Waals surface area contributed by atoms with Crippen molar-refractivity contribution in [3.63, 3.8) is 0 Å². The molecule has 0 spiro atoms. The van der Waals surface area contributed by atoms with E-state index in [0.717, 1.165) is 11.1 Å². The average Bonchev–Trinajstić information content (AvgIpc) is 2.50. The fourth-order valence-electron chi connectivity index (χ4n) is 2.01. The molecule has 0 aliphatic carbocycles. The summed E-state index contributed by atoms with van der Waals surface area (Å²) in [6.45, 7) is 0.0880. The van der Waals surface area contributed by atoms with Crippen molar-refractivity contribution in [2.45, 2.75) is 6.04 Å². The van der Waals surface area contributed by atoms with Gasteiger partial charge in [0.1, 0.15) is 5.75 Å². The van der Waals surface area contributed by atoms with Crippen LogP contribution < -0.4 is 5.32 Å². The zero-order valence-electron chi connectivity index (χ0n) is 11.5. The summed E-state index contributed by atoms with van der Waals surface area (Å²) in [5.74, 6) is -0.144. The van der Waals surface area contributed by atoms with Crippen LogP contribution in [0.1, 0.15) is 17.2 Å². The van der Waals surface area contributed by atoms with Crippen molar-refractivity contribution in [3.8, 4) is 5.75 Å². The second-order valence-electron chi connectivity index (χ2n) is 4.53. The van der Waals surface area contributed by atoms with Gasteiger partial charge in [0.15, 0.2) is 0 Å². The summed E-state index contributed by atoms with van der Waals surface area (Å²) in [7, 11) is 1.35. The lowest BCUT2D eigenvalue weighted by molar-refractivity contribution is -0.139. The van der Waals surface area contributed by atoms with E-state index in [1.165, 1.54) is 7.11 Å². The number of halogens is 1. The molecule has 0 saturated heterocycles. The maximum absolute atomic E-state index is 11.3. The van der Waals surface area contributed by atoms with Gasteiger partial charge >= 0.3 is 5.97 Å². The summed E-state index contributed by atoms with van der Waals surface area (Å²) >= 11 is 5.91. The van der Waals surface area contributed by atoms with Crippen molar-refractivity contribution < 1.29 is 14.6 Å². The molecule has 1 atom stereocenters. The summed E-state index contributed by atoms with van der Waals surface area (Å²) in [5.41, 5.74) is 1.90. The molecule has 0 bridgehead atoms. The lowest BCUT2D eigenvalue weighted by Gasteiger charge is -2.19. The van der Waals surface area contributed by atoms with Gasteiger partial charge in [0, 0.05) is 5.02 Å². The molecule has 0 heterocycles. The highest BCUT2D eigenvalue weighted by molar-refractivity contribution is 6.30. The normalized spacial score (nSPS) is 11.9. The lowest BCUT2D eigenvalue weighted by atomic mass is 9.98. The maximum Gasteiger partial charge on any atom is 0.319 e. The molecule has 2 rings (SSSR count). The monoisotopic (exact) mass is 305 g/mol. The van der Waals surface area contributed by atoms with Crippen LogP contribution in [-0.2, 0) is 9.53 Å². The molecule has 0 aliphatic heterocycles. The minimum absolute atomic E-state index is 0.0880. The Morgan fingerprint density at radius 2 is 1.67 bits per heavy atom. The first-order valence-corrected chi connectivity index (χ1v) is 6.82. The van der Waals surface area contributed by atoms with E-state index >= 15 is 0 Å². The number of aromatic hydroxyl groups is 1. The van der Waals surface area contributed by atoms with Gasteiger partial charge in [-0.3, -0.25) is 10.1 Å². The zero-order chi connectivity index (χ0) is 15.2. The number of carbonyl (C=O) groups excluding carboxylic acids is 1. The number of rotatable bonds is 5. The van der Waals surface area contributed by atoms with Crippen LogP contribution in [-0.4, -0.2) is 24.7 Å². The zero-order valence-corrected chi connectivity index (χ0v) is 12.3.